The van der Waals surface area contributed by atoms with E-state index in [1.54, 1.807) is 0 Å². The van der Waals surface area contributed by atoms with Gasteiger partial charge in [-0.05, 0) is 56.5 Å². The summed E-state index contributed by atoms with van der Waals surface area (Å²) in [6, 6.07) is 0.742. The van der Waals surface area contributed by atoms with Crippen LogP contribution in [0.1, 0.15) is 65.7 Å². The Bertz CT molecular complexity index is 258. The zero-order valence-electron chi connectivity index (χ0n) is 13.4. The van der Waals surface area contributed by atoms with Gasteiger partial charge in [-0.15, -0.1) is 0 Å². The second kappa shape index (κ2) is 7.08. The monoisotopic (exact) mass is 266 g/mol. The molecule has 0 aromatic rings. The topological polar surface area (TPSA) is 15.3 Å². The normalized spacial score (nSPS) is 33.0. The molecule has 2 fully saturated rings. The van der Waals surface area contributed by atoms with Crippen LogP contribution < -0.4 is 5.32 Å². The van der Waals surface area contributed by atoms with Crippen LogP contribution in [0.5, 0.6) is 0 Å². The van der Waals surface area contributed by atoms with Crippen molar-refractivity contribution in [3.8, 4) is 0 Å². The fourth-order valence-electron chi connectivity index (χ4n) is 4.12. The van der Waals surface area contributed by atoms with E-state index in [4.69, 9.17) is 0 Å². The predicted octanol–water partition coefficient (Wildman–Crippen LogP) is 3.67. The first-order chi connectivity index (χ1) is 9.17. The zero-order chi connectivity index (χ0) is 13.7. The molecule has 0 spiro atoms. The van der Waals surface area contributed by atoms with E-state index < -0.39 is 0 Å². The lowest BCUT2D eigenvalue weighted by atomic mass is 9.82. The Hall–Kier alpha value is -0.0800. The summed E-state index contributed by atoms with van der Waals surface area (Å²) < 4.78 is 0. The molecule has 1 saturated heterocycles. The van der Waals surface area contributed by atoms with E-state index in [0.717, 1.165) is 12.0 Å². The van der Waals surface area contributed by atoms with Gasteiger partial charge >= 0.3 is 0 Å². The Morgan fingerprint density at radius 2 is 1.95 bits per heavy atom. The van der Waals surface area contributed by atoms with Crippen LogP contribution in [0.15, 0.2) is 0 Å². The maximum atomic E-state index is 3.73. The molecule has 2 atom stereocenters. The van der Waals surface area contributed by atoms with E-state index in [-0.39, 0.29) is 0 Å². The minimum atomic E-state index is 0.661. The van der Waals surface area contributed by atoms with Crippen molar-refractivity contribution in [3.63, 3.8) is 0 Å². The van der Waals surface area contributed by atoms with Gasteiger partial charge in [0.05, 0.1) is 0 Å². The first-order valence-corrected chi connectivity index (χ1v) is 8.63. The number of nitrogens with zero attached hydrogens (tertiary/aromatic N) is 1. The Morgan fingerprint density at radius 3 is 2.58 bits per heavy atom. The second-order valence-electron chi connectivity index (χ2n) is 7.20. The first-order valence-electron chi connectivity index (χ1n) is 8.63. The van der Waals surface area contributed by atoms with Crippen LogP contribution in [0.3, 0.4) is 0 Å². The quantitative estimate of drug-likeness (QED) is 0.835. The Morgan fingerprint density at radius 1 is 1.21 bits per heavy atom. The summed E-state index contributed by atoms with van der Waals surface area (Å²) in [7, 11) is 0. The van der Waals surface area contributed by atoms with Crippen LogP contribution in [0.25, 0.3) is 0 Å². The number of hydrogen-bond acceptors (Lipinski definition) is 2. The molecule has 0 amide bonds. The largest absolute Gasteiger partial charge is 0.314 e. The molecule has 1 N–H and O–H groups in total. The molecule has 0 radical (unpaired) electrons. The summed E-state index contributed by atoms with van der Waals surface area (Å²) in [5.41, 5.74) is 0.661. The molecular weight excluding hydrogens is 232 g/mol. The van der Waals surface area contributed by atoms with Gasteiger partial charge in [0.25, 0.3) is 0 Å². The third-order valence-electron chi connectivity index (χ3n) is 5.58. The van der Waals surface area contributed by atoms with E-state index in [2.05, 4.69) is 31.0 Å². The molecule has 2 heteroatoms. The van der Waals surface area contributed by atoms with Gasteiger partial charge in [0.2, 0.25) is 0 Å². The second-order valence-corrected chi connectivity index (χ2v) is 7.20. The average molecular weight is 266 g/mol. The van der Waals surface area contributed by atoms with Crippen LogP contribution in [0.4, 0.5) is 0 Å². The maximum Gasteiger partial charge on any atom is 0.00767 e. The highest BCUT2D eigenvalue weighted by Crippen LogP contribution is 2.41. The lowest BCUT2D eigenvalue weighted by Crippen LogP contribution is -2.46. The van der Waals surface area contributed by atoms with Crippen LogP contribution in [-0.4, -0.2) is 37.1 Å². The van der Waals surface area contributed by atoms with Crippen molar-refractivity contribution < 1.29 is 0 Å². The van der Waals surface area contributed by atoms with Crippen molar-refractivity contribution in [3.05, 3.63) is 0 Å². The molecule has 1 saturated carbocycles. The molecule has 1 aliphatic carbocycles. The molecule has 0 aromatic carbocycles. The number of nitrogens with one attached hydrogen (secondary N) is 1. The first kappa shape index (κ1) is 15.3. The lowest BCUT2D eigenvalue weighted by molar-refractivity contribution is 0.117. The van der Waals surface area contributed by atoms with Crippen molar-refractivity contribution in [2.45, 2.75) is 71.8 Å². The summed E-state index contributed by atoms with van der Waals surface area (Å²) in [6.07, 6.45) is 9.89. The van der Waals surface area contributed by atoms with Gasteiger partial charge in [-0.2, -0.15) is 0 Å². The van der Waals surface area contributed by atoms with Gasteiger partial charge < -0.3 is 10.2 Å². The van der Waals surface area contributed by atoms with E-state index >= 15 is 0 Å². The molecule has 0 bridgehead atoms. The van der Waals surface area contributed by atoms with E-state index in [1.165, 1.54) is 71.1 Å². The summed E-state index contributed by atoms with van der Waals surface area (Å²) in [5.74, 6) is 0.796. The van der Waals surface area contributed by atoms with Crippen LogP contribution in [0.2, 0.25) is 0 Å². The van der Waals surface area contributed by atoms with Gasteiger partial charge in [-0.25, -0.2) is 0 Å². The van der Waals surface area contributed by atoms with Gasteiger partial charge in [-0.1, -0.05) is 33.6 Å². The number of rotatable bonds is 4. The van der Waals surface area contributed by atoms with Crippen LogP contribution >= 0.6 is 0 Å². The van der Waals surface area contributed by atoms with Crippen molar-refractivity contribution >= 4 is 0 Å². The standard InChI is InChI=1S/C17H34N2/c1-4-16-8-11-19(13-15(3)12-18-16)14-17(5-2)9-6-7-10-17/h15-16,18H,4-14H2,1-3H3. The van der Waals surface area contributed by atoms with Gasteiger partial charge in [0.15, 0.2) is 0 Å². The minimum absolute atomic E-state index is 0.661. The SMILES string of the molecule is CCC1CCN(CC2(CC)CCCC2)CC(C)CN1. The molecule has 1 heterocycles. The van der Waals surface area contributed by atoms with Crippen molar-refractivity contribution in [2.75, 3.05) is 26.2 Å². The maximum absolute atomic E-state index is 3.73. The zero-order valence-corrected chi connectivity index (χ0v) is 13.4. The third-order valence-corrected chi connectivity index (χ3v) is 5.58. The summed E-state index contributed by atoms with van der Waals surface area (Å²) in [5, 5.41) is 3.73. The lowest BCUT2D eigenvalue weighted by Gasteiger charge is -2.38. The Kier molecular flexibility index (Phi) is 5.70. The summed E-state index contributed by atoms with van der Waals surface area (Å²) in [4.78, 5) is 2.79. The number of hydrogen-bond donors (Lipinski definition) is 1. The average Bonchev–Trinajstić information content (AvgIpc) is 2.85. The smallest absolute Gasteiger partial charge is 0.00767 e. The highest BCUT2D eigenvalue weighted by Gasteiger charge is 2.34. The van der Waals surface area contributed by atoms with Crippen molar-refractivity contribution in [1.82, 2.24) is 10.2 Å². The molecule has 0 aromatic heterocycles. The van der Waals surface area contributed by atoms with Crippen molar-refractivity contribution in [1.29, 1.82) is 0 Å². The fourth-order valence-corrected chi connectivity index (χ4v) is 4.12. The van der Waals surface area contributed by atoms with Crippen LogP contribution in [-0.2, 0) is 0 Å². The van der Waals surface area contributed by atoms with Crippen LogP contribution in [0, 0.1) is 11.3 Å². The molecular formula is C17H34N2. The van der Waals surface area contributed by atoms with E-state index in [1.807, 2.05) is 0 Å². The predicted molar refractivity (Wildman–Crippen MR) is 83.5 cm³/mol. The third kappa shape index (κ3) is 4.19. The molecule has 2 nitrogen and oxygen atoms in total. The fraction of sp³-hybridized carbons (Fsp3) is 1.00. The van der Waals surface area contributed by atoms with Gasteiger partial charge in [-0.3, -0.25) is 0 Å². The minimum Gasteiger partial charge on any atom is -0.314 e. The summed E-state index contributed by atoms with van der Waals surface area (Å²) >= 11 is 0. The molecule has 19 heavy (non-hydrogen) atoms. The molecule has 2 aliphatic rings. The molecule has 2 unspecified atom stereocenters. The molecule has 1 aliphatic heterocycles. The van der Waals surface area contributed by atoms with Crippen molar-refractivity contribution in [2.24, 2.45) is 11.3 Å². The molecule has 112 valence electrons. The molecule has 2 rings (SSSR count). The van der Waals surface area contributed by atoms with E-state index in [9.17, 15) is 0 Å². The highest BCUT2D eigenvalue weighted by atomic mass is 15.1. The Balaban J connectivity index is 1.93. The van der Waals surface area contributed by atoms with Gasteiger partial charge in [0, 0.05) is 19.1 Å². The van der Waals surface area contributed by atoms with Gasteiger partial charge in [0.1, 0.15) is 0 Å². The summed E-state index contributed by atoms with van der Waals surface area (Å²) in [6.45, 7) is 12.3. The Labute approximate surface area is 120 Å². The van der Waals surface area contributed by atoms with E-state index in [0.29, 0.717) is 5.41 Å². The highest BCUT2D eigenvalue weighted by molar-refractivity contribution is 4.88.